The van der Waals surface area contributed by atoms with Crippen molar-refractivity contribution in [3.8, 4) is 6.01 Å². The van der Waals surface area contributed by atoms with Gasteiger partial charge in [-0.15, -0.1) is 0 Å². The number of pyridine rings is 1. The van der Waals surface area contributed by atoms with Crippen molar-refractivity contribution >= 4 is 17.3 Å². The number of allylic oxidation sites excluding steroid dienone is 2. The molecule has 1 amide bonds. The summed E-state index contributed by atoms with van der Waals surface area (Å²) in [6, 6.07) is 6.25. The number of fused-ring (bicyclic) bond motifs is 1. The third kappa shape index (κ3) is 5.55. The Balaban J connectivity index is 1.49. The molecule has 2 atom stereocenters. The first-order valence-corrected chi connectivity index (χ1v) is 12.2. The molecular formula is C26H35N5O3. The smallest absolute Gasteiger partial charge is 0.319 e. The highest BCUT2D eigenvalue weighted by atomic mass is 16.5. The summed E-state index contributed by atoms with van der Waals surface area (Å²) < 4.78 is 11.1. The maximum absolute atomic E-state index is 12.8. The molecule has 0 saturated carbocycles. The molecule has 1 aliphatic carbocycles. The Morgan fingerprint density at radius 1 is 1.26 bits per heavy atom. The Bertz CT molecular complexity index is 1030. The quantitative estimate of drug-likeness (QED) is 0.604. The van der Waals surface area contributed by atoms with Gasteiger partial charge in [0, 0.05) is 44.9 Å². The Morgan fingerprint density at radius 3 is 2.79 bits per heavy atom. The summed E-state index contributed by atoms with van der Waals surface area (Å²) in [5.74, 6) is 1.03. The summed E-state index contributed by atoms with van der Waals surface area (Å²) in [7, 11) is 1.63. The molecule has 3 heterocycles. The largest absolute Gasteiger partial charge is 0.461 e. The molecule has 0 unspecified atom stereocenters. The van der Waals surface area contributed by atoms with Crippen molar-refractivity contribution in [2.75, 3.05) is 31.7 Å². The van der Waals surface area contributed by atoms with Gasteiger partial charge >= 0.3 is 6.01 Å². The molecule has 1 N–H and O–H groups in total. The molecule has 34 heavy (non-hydrogen) atoms. The van der Waals surface area contributed by atoms with Gasteiger partial charge in [0.15, 0.2) is 0 Å². The van der Waals surface area contributed by atoms with Crippen molar-refractivity contribution in [1.82, 2.24) is 20.3 Å². The number of ether oxygens (including phenoxy) is 2. The molecule has 1 aliphatic heterocycles. The number of nitrogens with one attached hydrogen (secondary N) is 1. The van der Waals surface area contributed by atoms with Gasteiger partial charge in [-0.3, -0.25) is 9.78 Å². The second-order valence-electron chi connectivity index (χ2n) is 9.16. The summed E-state index contributed by atoms with van der Waals surface area (Å²) in [5, 5.41) is 2.99. The number of anilines is 1. The van der Waals surface area contributed by atoms with E-state index in [-0.39, 0.29) is 24.1 Å². The number of aromatic nitrogens is 3. The number of hydrogen-bond donors (Lipinski definition) is 1. The first-order valence-electron chi connectivity index (χ1n) is 12.2. The van der Waals surface area contributed by atoms with Gasteiger partial charge in [0.05, 0.1) is 11.8 Å². The molecule has 1 fully saturated rings. The SMILES string of the molecule is CC[C@@H](C)NC(=O)c1cc(N2CCC(C3=CCc4ncccc43)CC2)nc(OC[C@@H](C)OC)n1. The molecule has 2 aromatic heterocycles. The zero-order valence-electron chi connectivity index (χ0n) is 20.6. The molecule has 0 aromatic carbocycles. The van der Waals surface area contributed by atoms with Crippen LogP contribution in [0.15, 0.2) is 30.5 Å². The van der Waals surface area contributed by atoms with Crippen molar-refractivity contribution < 1.29 is 14.3 Å². The van der Waals surface area contributed by atoms with Crippen LogP contribution in [-0.2, 0) is 11.2 Å². The fraction of sp³-hybridized carbons (Fsp3) is 0.538. The molecule has 2 aliphatic rings. The van der Waals surface area contributed by atoms with Crippen molar-refractivity contribution in [2.45, 2.75) is 58.6 Å². The Labute approximate surface area is 201 Å². The van der Waals surface area contributed by atoms with Gasteiger partial charge < -0.3 is 19.7 Å². The normalized spacial score (nSPS) is 17.6. The number of carbonyl (C=O) groups excluding carboxylic acids is 1. The monoisotopic (exact) mass is 465 g/mol. The van der Waals surface area contributed by atoms with Crippen molar-refractivity contribution in [3.63, 3.8) is 0 Å². The summed E-state index contributed by atoms with van der Waals surface area (Å²) in [6.07, 6.45) is 7.92. The number of nitrogens with zero attached hydrogens (tertiary/aromatic N) is 4. The predicted octanol–water partition coefficient (Wildman–Crippen LogP) is 3.67. The predicted molar refractivity (Wildman–Crippen MR) is 132 cm³/mol. The first kappa shape index (κ1) is 24.1. The van der Waals surface area contributed by atoms with Crippen LogP contribution in [0.3, 0.4) is 0 Å². The standard InChI is InChI=1S/C26H35N5O3/c1-5-17(2)28-25(32)23-15-24(30-26(29-23)34-16-18(3)33-4)31-13-10-19(11-14-31)20-8-9-22-21(20)7-6-12-27-22/h6-8,12,15,17-19H,5,9-11,13-14,16H2,1-4H3,(H,28,32)/t17-,18-/m1/s1. The second-order valence-corrected chi connectivity index (χ2v) is 9.16. The second kappa shape index (κ2) is 11.0. The fourth-order valence-electron chi connectivity index (χ4n) is 4.40. The maximum Gasteiger partial charge on any atom is 0.319 e. The highest BCUT2D eigenvalue weighted by Crippen LogP contribution is 2.37. The molecule has 2 aromatic rings. The summed E-state index contributed by atoms with van der Waals surface area (Å²) in [5.41, 5.74) is 4.23. The highest BCUT2D eigenvalue weighted by molar-refractivity contribution is 5.93. The van der Waals surface area contributed by atoms with Gasteiger partial charge in [0.25, 0.3) is 5.91 Å². The van der Waals surface area contributed by atoms with Crippen molar-refractivity contribution in [2.24, 2.45) is 5.92 Å². The Hall–Kier alpha value is -3.00. The minimum Gasteiger partial charge on any atom is -0.461 e. The van der Waals surface area contributed by atoms with Crippen LogP contribution in [0.1, 0.15) is 61.8 Å². The number of methoxy groups -OCH3 is 1. The van der Waals surface area contributed by atoms with Crippen LogP contribution in [0.5, 0.6) is 6.01 Å². The molecule has 4 rings (SSSR count). The average Bonchev–Trinajstić information content (AvgIpc) is 3.31. The number of amides is 1. The highest BCUT2D eigenvalue weighted by Gasteiger charge is 2.28. The molecular weight excluding hydrogens is 430 g/mol. The molecule has 0 bridgehead atoms. The van der Waals surface area contributed by atoms with E-state index in [4.69, 9.17) is 9.47 Å². The lowest BCUT2D eigenvalue weighted by Crippen LogP contribution is -2.36. The van der Waals surface area contributed by atoms with Crippen LogP contribution in [-0.4, -0.2) is 59.8 Å². The number of carbonyl (C=O) groups is 1. The zero-order chi connectivity index (χ0) is 24.1. The van der Waals surface area contributed by atoms with Gasteiger partial charge in [0.2, 0.25) is 0 Å². The topological polar surface area (TPSA) is 89.5 Å². The summed E-state index contributed by atoms with van der Waals surface area (Å²) in [6.45, 7) is 7.96. The lowest BCUT2D eigenvalue weighted by molar-refractivity contribution is 0.0678. The first-order chi connectivity index (χ1) is 16.5. The molecule has 0 radical (unpaired) electrons. The van der Waals surface area contributed by atoms with E-state index < -0.39 is 0 Å². The molecule has 0 spiro atoms. The van der Waals surface area contributed by atoms with E-state index in [1.165, 1.54) is 16.8 Å². The van der Waals surface area contributed by atoms with Gasteiger partial charge in [-0.1, -0.05) is 19.1 Å². The van der Waals surface area contributed by atoms with Gasteiger partial charge in [-0.2, -0.15) is 9.97 Å². The van der Waals surface area contributed by atoms with Crippen LogP contribution in [0, 0.1) is 5.92 Å². The molecule has 1 saturated heterocycles. The van der Waals surface area contributed by atoms with Crippen molar-refractivity contribution in [1.29, 1.82) is 0 Å². The fourth-order valence-corrected chi connectivity index (χ4v) is 4.40. The Kier molecular flexibility index (Phi) is 7.77. The van der Waals surface area contributed by atoms with E-state index in [2.05, 4.69) is 37.3 Å². The molecule has 8 nitrogen and oxygen atoms in total. The minimum absolute atomic E-state index is 0.0663. The Morgan fingerprint density at radius 2 is 2.06 bits per heavy atom. The van der Waals surface area contributed by atoms with Crippen LogP contribution >= 0.6 is 0 Å². The number of piperidine rings is 1. The molecule has 8 heteroatoms. The lowest BCUT2D eigenvalue weighted by atomic mass is 9.86. The minimum atomic E-state index is -0.210. The van der Waals surface area contributed by atoms with Gasteiger partial charge in [0.1, 0.15) is 18.1 Å². The third-order valence-corrected chi connectivity index (χ3v) is 6.74. The maximum atomic E-state index is 12.8. The third-order valence-electron chi connectivity index (χ3n) is 6.74. The van der Waals surface area contributed by atoms with Gasteiger partial charge in [-0.25, -0.2) is 0 Å². The summed E-state index contributed by atoms with van der Waals surface area (Å²) >= 11 is 0. The number of rotatable bonds is 9. The van der Waals surface area contributed by atoms with E-state index in [0.717, 1.165) is 44.6 Å². The van der Waals surface area contributed by atoms with E-state index in [1.807, 2.05) is 33.0 Å². The average molecular weight is 466 g/mol. The van der Waals surface area contributed by atoms with E-state index in [1.54, 1.807) is 13.2 Å². The molecule has 182 valence electrons. The van der Waals surface area contributed by atoms with Gasteiger partial charge in [-0.05, 0) is 56.2 Å². The van der Waals surface area contributed by atoms with E-state index >= 15 is 0 Å². The number of hydrogen-bond acceptors (Lipinski definition) is 7. The zero-order valence-corrected chi connectivity index (χ0v) is 20.6. The van der Waals surface area contributed by atoms with E-state index in [0.29, 0.717) is 18.2 Å². The lowest BCUT2D eigenvalue weighted by Gasteiger charge is -2.34. The van der Waals surface area contributed by atoms with Crippen LogP contribution in [0.2, 0.25) is 0 Å². The van der Waals surface area contributed by atoms with Crippen LogP contribution in [0.25, 0.3) is 5.57 Å². The summed E-state index contributed by atoms with van der Waals surface area (Å²) in [4.78, 5) is 28.6. The van der Waals surface area contributed by atoms with Crippen LogP contribution < -0.4 is 15.0 Å². The van der Waals surface area contributed by atoms with Crippen LogP contribution in [0.4, 0.5) is 5.82 Å². The van der Waals surface area contributed by atoms with Crippen molar-refractivity contribution in [3.05, 3.63) is 47.4 Å². The van der Waals surface area contributed by atoms with E-state index in [9.17, 15) is 4.79 Å².